The zero-order valence-corrected chi connectivity index (χ0v) is 15.5. The molecule has 0 aromatic heterocycles. The van der Waals surface area contributed by atoms with Crippen LogP contribution in [0.1, 0.15) is 28.4 Å². The van der Waals surface area contributed by atoms with Gasteiger partial charge in [-0.25, -0.2) is 0 Å². The van der Waals surface area contributed by atoms with Gasteiger partial charge in [-0.1, -0.05) is 30.3 Å². The number of para-hydroxylation sites is 1. The number of carbonyl (C=O) groups is 1. The Hall–Kier alpha value is -3.02. The van der Waals surface area contributed by atoms with E-state index >= 15 is 0 Å². The number of hydrogen-bond donors (Lipinski definition) is 3. The second-order valence-electron chi connectivity index (χ2n) is 6.06. The molecule has 1 atom stereocenters. The van der Waals surface area contributed by atoms with Crippen molar-refractivity contribution in [3.05, 3.63) is 65.2 Å². The van der Waals surface area contributed by atoms with Crippen LogP contribution in [-0.2, 0) is 6.54 Å². The first-order chi connectivity index (χ1) is 12.5. The summed E-state index contributed by atoms with van der Waals surface area (Å²) in [6.07, 6.45) is -0.00972. The molecule has 0 saturated heterocycles. The van der Waals surface area contributed by atoms with E-state index in [-0.39, 0.29) is 6.10 Å². The number of nitrogens with zero attached hydrogens (tertiary/aromatic N) is 1. The normalized spacial score (nSPS) is 12.3. The predicted molar refractivity (Wildman–Crippen MR) is 104 cm³/mol. The molecular weight excluding hydrogens is 328 g/mol. The van der Waals surface area contributed by atoms with Crippen molar-refractivity contribution in [3.63, 3.8) is 0 Å². The maximum Gasteiger partial charge on any atom is 0.248 e. The Bertz CT molecular complexity index is 757. The molecule has 0 fully saturated rings. The number of primary amides is 1. The van der Waals surface area contributed by atoms with Crippen molar-refractivity contribution in [1.82, 2.24) is 10.6 Å². The maximum absolute atomic E-state index is 11.1. The maximum atomic E-state index is 11.1. The van der Waals surface area contributed by atoms with Crippen molar-refractivity contribution in [2.45, 2.75) is 26.5 Å². The van der Waals surface area contributed by atoms with Gasteiger partial charge in [0.05, 0.1) is 6.54 Å². The Morgan fingerprint density at radius 3 is 2.46 bits per heavy atom. The lowest BCUT2D eigenvalue weighted by Gasteiger charge is -2.18. The smallest absolute Gasteiger partial charge is 0.248 e. The summed E-state index contributed by atoms with van der Waals surface area (Å²) in [4.78, 5) is 15.3. The summed E-state index contributed by atoms with van der Waals surface area (Å²) >= 11 is 0. The number of hydrogen-bond acceptors (Lipinski definition) is 3. The van der Waals surface area contributed by atoms with Crippen molar-refractivity contribution >= 4 is 11.9 Å². The minimum absolute atomic E-state index is 0.00972. The third-order valence-electron chi connectivity index (χ3n) is 3.90. The van der Waals surface area contributed by atoms with Gasteiger partial charge in [0.2, 0.25) is 5.91 Å². The topological polar surface area (TPSA) is 88.7 Å². The van der Waals surface area contributed by atoms with E-state index in [1.54, 1.807) is 19.2 Å². The summed E-state index contributed by atoms with van der Waals surface area (Å²) in [5.74, 6) is 1.15. The van der Waals surface area contributed by atoms with Gasteiger partial charge in [-0.2, -0.15) is 0 Å². The zero-order valence-electron chi connectivity index (χ0n) is 15.5. The van der Waals surface area contributed by atoms with Gasteiger partial charge in [0.25, 0.3) is 0 Å². The van der Waals surface area contributed by atoms with Gasteiger partial charge in [0.1, 0.15) is 11.9 Å². The van der Waals surface area contributed by atoms with Crippen LogP contribution in [-0.4, -0.2) is 31.6 Å². The second kappa shape index (κ2) is 9.46. The molecule has 6 nitrogen and oxygen atoms in total. The quantitative estimate of drug-likeness (QED) is 0.525. The lowest BCUT2D eigenvalue weighted by molar-refractivity contribution is 0.100. The molecule has 0 aliphatic rings. The average molecular weight is 354 g/mol. The Morgan fingerprint density at radius 1 is 1.15 bits per heavy atom. The van der Waals surface area contributed by atoms with Crippen molar-refractivity contribution in [2.24, 2.45) is 10.7 Å². The van der Waals surface area contributed by atoms with Crippen LogP contribution in [0.25, 0.3) is 0 Å². The molecule has 2 aromatic rings. The lowest BCUT2D eigenvalue weighted by Crippen LogP contribution is -2.41. The van der Waals surface area contributed by atoms with Crippen LogP contribution in [0.3, 0.4) is 0 Å². The summed E-state index contributed by atoms with van der Waals surface area (Å²) < 4.78 is 5.95. The lowest BCUT2D eigenvalue weighted by atomic mass is 10.1. The summed E-state index contributed by atoms with van der Waals surface area (Å²) in [5.41, 5.74) is 7.88. The highest BCUT2D eigenvalue weighted by Gasteiger charge is 2.07. The highest BCUT2D eigenvalue weighted by atomic mass is 16.5. The van der Waals surface area contributed by atoms with E-state index in [4.69, 9.17) is 10.5 Å². The second-order valence-corrected chi connectivity index (χ2v) is 6.06. The van der Waals surface area contributed by atoms with Gasteiger partial charge in [0.15, 0.2) is 5.96 Å². The fraction of sp³-hybridized carbons (Fsp3) is 0.300. The molecule has 2 aromatic carbocycles. The molecule has 0 heterocycles. The number of benzene rings is 2. The molecule has 0 saturated carbocycles. The van der Waals surface area contributed by atoms with Crippen LogP contribution >= 0.6 is 0 Å². The van der Waals surface area contributed by atoms with E-state index in [0.29, 0.717) is 24.6 Å². The number of amides is 1. The SMILES string of the molecule is CN=C(NCc1ccc(C(N)=O)cc1)NCC(C)Oc1ccccc1C. The monoisotopic (exact) mass is 354 g/mol. The third-order valence-corrected chi connectivity index (χ3v) is 3.90. The molecule has 1 unspecified atom stereocenters. The molecule has 26 heavy (non-hydrogen) atoms. The molecule has 0 aliphatic heterocycles. The Morgan fingerprint density at radius 2 is 1.85 bits per heavy atom. The molecule has 0 spiro atoms. The molecule has 6 heteroatoms. The van der Waals surface area contributed by atoms with E-state index < -0.39 is 5.91 Å². The molecule has 1 amide bonds. The van der Waals surface area contributed by atoms with Crippen LogP contribution in [0.4, 0.5) is 0 Å². The largest absolute Gasteiger partial charge is 0.489 e. The van der Waals surface area contributed by atoms with Crippen molar-refractivity contribution in [1.29, 1.82) is 0 Å². The van der Waals surface area contributed by atoms with E-state index in [1.165, 1.54) is 0 Å². The zero-order chi connectivity index (χ0) is 18.9. The number of nitrogens with two attached hydrogens (primary N) is 1. The van der Waals surface area contributed by atoms with Crippen LogP contribution in [0.5, 0.6) is 5.75 Å². The minimum Gasteiger partial charge on any atom is -0.489 e. The fourth-order valence-electron chi connectivity index (χ4n) is 2.38. The van der Waals surface area contributed by atoms with Crippen molar-refractivity contribution in [2.75, 3.05) is 13.6 Å². The van der Waals surface area contributed by atoms with Crippen LogP contribution < -0.4 is 21.1 Å². The van der Waals surface area contributed by atoms with E-state index in [2.05, 4.69) is 15.6 Å². The van der Waals surface area contributed by atoms with Crippen LogP contribution in [0.2, 0.25) is 0 Å². The van der Waals surface area contributed by atoms with Gasteiger partial charge in [-0.3, -0.25) is 9.79 Å². The van der Waals surface area contributed by atoms with Gasteiger partial charge >= 0.3 is 0 Å². The molecule has 0 radical (unpaired) electrons. The Labute approximate surface area is 154 Å². The van der Waals surface area contributed by atoms with Gasteiger partial charge in [-0.15, -0.1) is 0 Å². The van der Waals surface area contributed by atoms with E-state index in [0.717, 1.165) is 16.9 Å². The number of rotatable bonds is 7. The summed E-state index contributed by atoms with van der Waals surface area (Å²) in [7, 11) is 1.72. The molecule has 0 aliphatic carbocycles. The molecule has 0 bridgehead atoms. The van der Waals surface area contributed by atoms with Crippen molar-refractivity contribution in [3.8, 4) is 5.75 Å². The summed E-state index contributed by atoms with van der Waals surface area (Å²) in [5, 5.41) is 6.48. The fourth-order valence-corrected chi connectivity index (χ4v) is 2.38. The highest BCUT2D eigenvalue weighted by Crippen LogP contribution is 2.17. The van der Waals surface area contributed by atoms with Crippen molar-refractivity contribution < 1.29 is 9.53 Å². The molecule has 4 N–H and O–H groups in total. The van der Waals surface area contributed by atoms with Crippen LogP contribution in [0.15, 0.2) is 53.5 Å². The molecular formula is C20H26N4O2. The number of carbonyl (C=O) groups excluding carboxylic acids is 1. The standard InChI is InChI=1S/C20H26N4O2/c1-14-6-4-5-7-18(14)26-15(2)12-23-20(22-3)24-13-16-8-10-17(11-9-16)19(21)25/h4-11,15H,12-13H2,1-3H3,(H2,21,25)(H2,22,23,24). The van der Waals surface area contributed by atoms with E-state index in [9.17, 15) is 4.79 Å². The summed E-state index contributed by atoms with van der Waals surface area (Å²) in [6, 6.07) is 15.1. The summed E-state index contributed by atoms with van der Waals surface area (Å²) in [6.45, 7) is 5.25. The predicted octanol–water partition coefficient (Wildman–Crippen LogP) is 2.23. The average Bonchev–Trinajstić information content (AvgIpc) is 2.64. The van der Waals surface area contributed by atoms with Gasteiger partial charge in [-0.05, 0) is 43.2 Å². The first-order valence-corrected chi connectivity index (χ1v) is 8.55. The van der Waals surface area contributed by atoms with Crippen LogP contribution in [0, 0.1) is 6.92 Å². The number of aryl methyl sites for hydroxylation is 1. The molecule has 138 valence electrons. The van der Waals surface area contributed by atoms with E-state index in [1.807, 2.05) is 50.2 Å². The highest BCUT2D eigenvalue weighted by molar-refractivity contribution is 5.92. The van der Waals surface area contributed by atoms with Gasteiger partial charge in [0, 0.05) is 19.2 Å². The first-order valence-electron chi connectivity index (χ1n) is 8.55. The number of ether oxygens (including phenoxy) is 1. The Balaban J connectivity index is 1.80. The number of nitrogens with one attached hydrogen (secondary N) is 2. The van der Waals surface area contributed by atoms with Gasteiger partial charge < -0.3 is 21.1 Å². The number of aliphatic imine (C=N–C) groups is 1. The number of guanidine groups is 1. The third kappa shape index (κ3) is 5.81. The molecule has 2 rings (SSSR count). The first kappa shape index (κ1) is 19.3. The minimum atomic E-state index is -0.426. The Kier molecular flexibility index (Phi) is 7.02.